The summed E-state index contributed by atoms with van der Waals surface area (Å²) in [5.41, 5.74) is 0.0935. The number of carbonyl (C=O) groups excluding carboxylic acids is 1. The summed E-state index contributed by atoms with van der Waals surface area (Å²) in [4.78, 5) is 11.3. The van der Waals surface area contributed by atoms with Gasteiger partial charge in [-0.15, -0.1) is 0 Å². The van der Waals surface area contributed by atoms with Crippen molar-refractivity contribution in [3.8, 4) is 0 Å². The highest BCUT2D eigenvalue weighted by Crippen LogP contribution is 2.20. The van der Waals surface area contributed by atoms with Gasteiger partial charge in [-0.2, -0.15) is 0 Å². The lowest BCUT2D eigenvalue weighted by Crippen LogP contribution is -2.34. The summed E-state index contributed by atoms with van der Waals surface area (Å²) in [5, 5.41) is 15.4. The van der Waals surface area contributed by atoms with Crippen molar-refractivity contribution < 1.29 is 9.90 Å². The van der Waals surface area contributed by atoms with Crippen molar-refractivity contribution in [1.82, 2.24) is 10.6 Å². The lowest BCUT2D eigenvalue weighted by Gasteiger charge is -2.22. The zero-order chi connectivity index (χ0) is 12.6. The van der Waals surface area contributed by atoms with Crippen LogP contribution in [0.3, 0.4) is 0 Å². The third-order valence-corrected chi connectivity index (χ3v) is 2.21. The lowest BCUT2D eigenvalue weighted by atomic mass is 9.89. The number of aliphatic hydroxyl groups is 1. The topological polar surface area (TPSA) is 61.4 Å². The number of carbonyl (C=O) groups is 1. The number of rotatable bonds is 7. The van der Waals surface area contributed by atoms with E-state index in [1.54, 1.807) is 0 Å². The molecule has 0 aliphatic rings. The minimum Gasteiger partial charge on any atom is -0.391 e. The smallest absolute Gasteiger partial charge is 0.220 e. The van der Waals surface area contributed by atoms with E-state index in [0.717, 1.165) is 13.0 Å². The van der Waals surface area contributed by atoms with Crippen molar-refractivity contribution in [2.24, 2.45) is 5.41 Å². The van der Waals surface area contributed by atoms with E-state index < -0.39 is 6.10 Å². The Morgan fingerprint density at radius 3 is 2.50 bits per heavy atom. The van der Waals surface area contributed by atoms with Crippen molar-refractivity contribution in [3.63, 3.8) is 0 Å². The molecule has 1 amide bonds. The average molecular weight is 230 g/mol. The highest BCUT2D eigenvalue weighted by molar-refractivity contribution is 5.75. The first-order chi connectivity index (χ1) is 7.35. The van der Waals surface area contributed by atoms with Crippen LogP contribution >= 0.6 is 0 Å². The first-order valence-corrected chi connectivity index (χ1v) is 5.94. The van der Waals surface area contributed by atoms with E-state index in [9.17, 15) is 9.90 Å². The van der Waals surface area contributed by atoms with E-state index in [4.69, 9.17) is 0 Å². The van der Waals surface area contributed by atoms with Gasteiger partial charge in [0.05, 0.1) is 6.10 Å². The average Bonchev–Trinajstić information content (AvgIpc) is 2.12. The van der Waals surface area contributed by atoms with Crippen LogP contribution in [-0.2, 0) is 4.79 Å². The molecule has 4 nitrogen and oxygen atoms in total. The monoisotopic (exact) mass is 230 g/mol. The molecule has 0 rings (SSSR count). The molecule has 1 unspecified atom stereocenters. The Morgan fingerprint density at radius 1 is 1.38 bits per heavy atom. The highest BCUT2D eigenvalue weighted by Gasteiger charge is 2.16. The van der Waals surface area contributed by atoms with Gasteiger partial charge in [-0.25, -0.2) is 0 Å². The molecule has 0 aromatic carbocycles. The molecule has 96 valence electrons. The Balaban J connectivity index is 3.59. The summed E-state index contributed by atoms with van der Waals surface area (Å²) in [7, 11) is 1.87. The lowest BCUT2D eigenvalue weighted by molar-refractivity contribution is -0.121. The first-order valence-electron chi connectivity index (χ1n) is 5.94. The van der Waals surface area contributed by atoms with E-state index in [2.05, 4.69) is 31.4 Å². The maximum atomic E-state index is 11.3. The summed E-state index contributed by atoms with van der Waals surface area (Å²) in [5.74, 6) is 0.0169. The first kappa shape index (κ1) is 15.4. The Morgan fingerprint density at radius 2 is 2.00 bits per heavy atom. The van der Waals surface area contributed by atoms with Crippen molar-refractivity contribution in [3.05, 3.63) is 0 Å². The molecule has 0 bridgehead atoms. The normalized spacial score (nSPS) is 13.6. The van der Waals surface area contributed by atoms with Crippen LogP contribution in [-0.4, -0.2) is 37.3 Å². The van der Waals surface area contributed by atoms with E-state index >= 15 is 0 Å². The number of hydrogen-bond acceptors (Lipinski definition) is 3. The van der Waals surface area contributed by atoms with Gasteiger partial charge in [0.25, 0.3) is 0 Å². The van der Waals surface area contributed by atoms with Gasteiger partial charge in [0, 0.05) is 13.0 Å². The summed E-state index contributed by atoms with van der Waals surface area (Å²) in [6.45, 7) is 7.43. The van der Waals surface area contributed by atoms with Crippen molar-refractivity contribution in [2.75, 3.05) is 20.1 Å². The Kier molecular flexibility index (Phi) is 7.34. The summed E-state index contributed by atoms with van der Waals surface area (Å²) in [6.07, 6.45) is 1.60. The van der Waals surface area contributed by atoms with Crippen LogP contribution in [0.1, 0.15) is 40.0 Å². The molecule has 4 heteroatoms. The van der Waals surface area contributed by atoms with Crippen molar-refractivity contribution in [1.29, 1.82) is 0 Å². The van der Waals surface area contributed by atoms with E-state index in [-0.39, 0.29) is 11.3 Å². The minimum atomic E-state index is -0.451. The predicted octanol–water partition coefficient (Wildman–Crippen LogP) is 0.899. The molecule has 0 aliphatic heterocycles. The second kappa shape index (κ2) is 7.63. The maximum absolute atomic E-state index is 11.3. The largest absolute Gasteiger partial charge is 0.391 e. The van der Waals surface area contributed by atoms with Gasteiger partial charge in [0.2, 0.25) is 5.91 Å². The Labute approximate surface area is 98.8 Å². The van der Waals surface area contributed by atoms with Crippen molar-refractivity contribution in [2.45, 2.75) is 46.1 Å². The van der Waals surface area contributed by atoms with E-state index in [0.29, 0.717) is 19.4 Å². The quantitative estimate of drug-likeness (QED) is 0.569. The second-order valence-corrected chi connectivity index (χ2v) is 5.43. The van der Waals surface area contributed by atoms with Gasteiger partial charge in [-0.05, 0) is 31.8 Å². The molecule has 0 spiro atoms. The molecule has 16 heavy (non-hydrogen) atoms. The van der Waals surface area contributed by atoms with Crippen LogP contribution in [0.15, 0.2) is 0 Å². The summed E-state index contributed by atoms with van der Waals surface area (Å²) >= 11 is 0. The van der Waals surface area contributed by atoms with Gasteiger partial charge in [-0.1, -0.05) is 20.8 Å². The highest BCUT2D eigenvalue weighted by atomic mass is 16.3. The fraction of sp³-hybridized carbons (Fsp3) is 0.917. The molecule has 0 aliphatic carbocycles. The number of aliphatic hydroxyl groups excluding tert-OH is 1. The van der Waals surface area contributed by atoms with Crippen molar-refractivity contribution >= 4 is 5.91 Å². The third-order valence-electron chi connectivity index (χ3n) is 2.21. The third kappa shape index (κ3) is 9.93. The predicted molar refractivity (Wildman–Crippen MR) is 66.2 cm³/mol. The van der Waals surface area contributed by atoms with Gasteiger partial charge >= 0.3 is 0 Å². The van der Waals surface area contributed by atoms with Gasteiger partial charge in [-0.3, -0.25) is 4.79 Å². The standard InChI is InChI=1S/C12H26N2O2/c1-12(2,3)8-10(15)9-14-11(16)6-5-7-13-4/h10,13,15H,5-9H2,1-4H3,(H,14,16). The molecular weight excluding hydrogens is 204 g/mol. The minimum absolute atomic E-state index is 0.0169. The Hall–Kier alpha value is -0.610. The molecule has 0 aromatic rings. The zero-order valence-electron chi connectivity index (χ0n) is 11.0. The van der Waals surface area contributed by atoms with Gasteiger partial charge < -0.3 is 15.7 Å². The molecule has 0 fully saturated rings. The van der Waals surface area contributed by atoms with Crippen LogP contribution in [0.5, 0.6) is 0 Å². The molecule has 1 atom stereocenters. The Bertz CT molecular complexity index is 200. The van der Waals surface area contributed by atoms with Crippen LogP contribution in [0.4, 0.5) is 0 Å². The summed E-state index contributed by atoms with van der Waals surface area (Å²) < 4.78 is 0. The van der Waals surface area contributed by atoms with Crippen LogP contribution in [0.25, 0.3) is 0 Å². The SMILES string of the molecule is CNCCCC(=O)NCC(O)CC(C)(C)C. The number of hydrogen-bond donors (Lipinski definition) is 3. The molecule has 0 saturated heterocycles. The molecule has 0 saturated carbocycles. The van der Waals surface area contributed by atoms with Crippen LogP contribution in [0.2, 0.25) is 0 Å². The van der Waals surface area contributed by atoms with Crippen LogP contribution in [0, 0.1) is 5.41 Å². The number of nitrogens with one attached hydrogen (secondary N) is 2. The van der Waals surface area contributed by atoms with Gasteiger partial charge in [0.1, 0.15) is 0 Å². The molecular formula is C12H26N2O2. The van der Waals surface area contributed by atoms with E-state index in [1.807, 2.05) is 7.05 Å². The fourth-order valence-electron chi connectivity index (χ4n) is 1.52. The molecule has 0 radical (unpaired) electrons. The molecule has 0 heterocycles. The summed E-state index contributed by atoms with van der Waals surface area (Å²) in [6, 6.07) is 0. The molecule has 0 aromatic heterocycles. The fourth-order valence-corrected chi connectivity index (χ4v) is 1.52. The van der Waals surface area contributed by atoms with Crippen LogP contribution < -0.4 is 10.6 Å². The maximum Gasteiger partial charge on any atom is 0.220 e. The second-order valence-electron chi connectivity index (χ2n) is 5.43. The molecule has 3 N–H and O–H groups in total. The zero-order valence-corrected chi connectivity index (χ0v) is 11.0. The van der Waals surface area contributed by atoms with Gasteiger partial charge in [0.15, 0.2) is 0 Å². The van der Waals surface area contributed by atoms with E-state index in [1.165, 1.54) is 0 Å². The number of amides is 1.